The zero-order valence-corrected chi connectivity index (χ0v) is 45.7. The summed E-state index contributed by atoms with van der Waals surface area (Å²) < 4.78 is 23.3. The van der Waals surface area contributed by atoms with E-state index >= 15 is 0 Å². The van der Waals surface area contributed by atoms with Gasteiger partial charge in [-0.2, -0.15) is 0 Å². The molecule has 0 radical (unpaired) electrons. The smallest absolute Gasteiger partial charge is 0.268 e. The lowest BCUT2D eigenvalue weighted by atomic mass is 10.0. The van der Waals surface area contributed by atoms with Gasteiger partial charge < -0.3 is 28.8 Å². The van der Waals surface area contributed by atoms with E-state index in [-0.39, 0.29) is 12.5 Å². The topological polar surface area (TPSA) is 108 Å². The number of nitrogens with one attached hydrogen (secondary N) is 1. The Labute approximate surface area is 420 Å². The molecule has 0 aliphatic carbocycles. The second-order valence-corrected chi connectivity index (χ2v) is 21.3. The van der Waals surface area contributed by atoms with Crippen molar-refractivity contribution in [2.24, 2.45) is 0 Å². The highest BCUT2D eigenvalue weighted by molar-refractivity contribution is 7.45. The number of likely N-dealkylation sites (N-methyl/N-ethyl adjacent to an activating group) is 1. The molecule has 0 saturated carbocycles. The Morgan fingerprint density at radius 1 is 0.529 bits per heavy atom. The van der Waals surface area contributed by atoms with E-state index in [2.05, 4.69) is 92.1 Å². The van der Waals surface area contributed by atoms with Crippen molar-refractivity contribution < 1.29 is 32.9 Å². The molecule has 0 fully saturated rings. The van der Waals surface area contributed by atoms with Crippen LogP contribution >= 0.6 is 7.82 Å². The van der Waals surface area contributed by atoms with Gasteiger partial charge in [-0.3, -0.25) is 9.36 Å². The third kappa shape index (κ3) is 51.5. The van der Waals surface area contributed by atoms with Crippen molar-refractivity contribution in [3.8, 4) is 0 Å². The molecule has 68 heavy (non-hydrogen) atoms. The summed E-state index contributed by atoms with van der Waals surface area (Å²) in [7, 11) is 1.23. The maximum absolute atomic E-state index is 13.0. The van der Waals surface area contributed by atoms with Crippen LogP contribution in [0.15, 0.2) is 85.1 Å². The number of hydrogen-bond acceptors (Lipinski definition) is 6. The van der Waals surface area contributed by atoms with E-state index in [9.17, 15) is 19.4 Å². The number of carbonyl (C=O) groups is 1. The molecule has 0 aromatic heterocycles. The van der Waals surface area contributed by atoms with Gasteiger partial charge in [-0.05, 0) is 77.0 Å². The van der Waals surface area contributed by atoms with Gasteiger partial charge in [0.2, 0.25) is 5.91 Å². The van der Waals surface area contributed by atoms with E-state index in [0.29, 0.717) is 17.4 Å². The van der Waals surface area contributed by atoms with Crippen LogP contribution in [-0.4, -0.2) is 68.5 Å². The number of unbranched alkanes of at least 4 members (excludes halogenated alkanes) is 25. The lowest BCUT2D eigenvalue weighted by Crippen LogP contribution is -2.45. The van der Waals surface area contributed by atoms with Gasteiger partial charge in [-0.1, -0.05) is 234 Å². The number of aliphatic hydroxyl groups excluding tert-OH is 1. The summed E-state index contributed by atoms with van der Waals surface area (Å²) in [5.41, 5.74) is 0. The Morgan fingerprint density at radius 3 is 1.37 bits per heavy atom. The summed E-state index contributed by atoms with van der Waals surface area (Å²) in [6.45, 7) is 4.52. The highest BCUT2D eigenvalue weighted by atomic mass is 31.2. The first-order valence-electron chi connectivity index (χ1n) is 27.9. The first-order chi connectivity index (χ1) is 33.0. The minimum absolute atomic E-state index is 0.0103. The monoisotopic (exact) mass is 971 g/mol. The summed E-state index contributed by atoms with van der Waals surface area (Å²) in [5, 5.41) is 13.9. The van der Waals surface area contributed by atoms with Crippen LogP contribution in [0.25, 0.3) is 0 Å². The molecule has 9 heteroatoms. The largest absolute Gasteiger partial charge is 0.756 e. The lowest BCUT2D eigenvalue weighted by Gasteiger charge is -2.29. The molecule has 394 valence electrons. The molecule has 0 heterocycles. The zero-order valence-electron chi connectivity index (χ0n) is 44.8. The molecule has 0 aromatic rings. The van der Waals surface area contributed by atoms with Gasteiger partial charge in [0, 0.05) is 6.42 Å². The SMILES string of the molecule is CC/C=C\C/C=C\C/C=C\C/C=C\C/C=C\CCCCCCCCCCCCCC(=O)NC(COP(=O)([O-])OCC[N+](C)(C)C)C(O)/C=C/CC/C=C/CCCCCCCCCCCCCCC. The van der Waals surface area contributed by atoms with E-state index in [1.807, 2.05) is 27.2 Å². The van der Waals surface area contributed by atoms with Crippen molar-refractivity contribution in [3.05, 3.63) is 85.1 Å². The molecule has 3 unspecified atom stereocenters. The van der Waals surface area contributed by atoms with Crippen LogP contribution in [0, 0.1) is 0 Å². The fourth-order valence-electron chi connectivity index (χ4n) is 7.73. The molecule has 1 amide bonds. The van der Waals surface area contributed by atoms with Crippen LogP contribution < -0.4 is 10.2 Å². The number of nitrogens with zero attached hydrogens (tertiary/aromatic N) is 1. The van der Waals surface area contributed by atoms with Gasteiger partial charge >= 0.3 is 0 Å². The summed E-state index contributed by atoms with van der Waals surface area (Å²) in [6.07, 6.45) is 69.4. The molecule has 0 rings (SSSR count). The molecule has 0 bridgehead atoms. The van der Waals surface area contributed by atoms with Crippen molar-refractivity contribution in [1.29, 1.82) is 0 Å². The van der Waals surface area contributed by atoms with Crippen molar-refractivity contribution in [1.82, 2.24) is 5.32 Å². The molecule has 2 N–H and O–H groups in total. The van der Waals surface area contributed by atoms with Crippen LogP contribution in [0.1, 0.15) is 232 Å². The molecular formula is C59H107N2O6P. The average Bonchev–Trinajstić information content (AvgIpc) is 3.30. The third-order valence-electron chi connectivity index (χ3n) is 12.1. The van der Waals surface area contributed by atoms with Crippen molar-refractivity contribution in [3.63, 3.8) is 0 Å². The quantitative estimate of drug-likeness (QED) is 0.0272. The van der Waals surface area contributed by atoms with Crippen LogP contribution in [0.2, 0.25) is 0 Å². The van der Waals surface area contributed by atoms with Crippen molar-refractivity contribution in [2.45, 2.75) is 244 Å². The predicted octanol–water partition coefficient (Wildman–Crippen LogP) is 16.2. The fraction of sp³-hybridized carbons (Fsp3) is 0.746. The lowest BCUT2D eigenvalue weighted by molar-refractivity contribution is -0.870. The van der Waals surface area contributed by atoms with Crippen LogP contribution in [0.4, 0.5) is 0 Å². The number of quaternary nitrogens is 1. The molecule has 0 spiro atoms. The number of amides is 1. The van der Waals surface area contributed by atoms with Gasteiger partial charge in [-0.15, -0.1) is 0 Å². The van der Waals surface area contributed by atoms with E-state index in [1.54, 1.807) is 6.08 Å². The molecule has 0 aliphatic heterocycles. The fourth-order valence-corrected chi connectivity index (χ4v) is 8.45. The summed E-state index contributed by atoms with van der Waals surface area (Å²) >= 11 is 0. The van der Waals surface area contributed by atoms with Gasteiger partial charge in [-0.25, -0.2) is 0 Å². The molecular weight excluding hydrogens is 864 g/mol. The Kier molecular flexibility index (Phi) is 48.0. The van der Waals surface area contributed by atoms with E-state index < -0.39 is 26.6 Å². The first kappa shape index (κ1) is 65.7. The Hall–Kier alpha value is -2.32. The Morgan fingerprint density at radius 2 is 0.912 bits per heavy atom. The standard InChI is InChI=1S/C59H107N2O6P/c1-6-8-10-12-14-16-18-20-22-24-26-27-28-29-30-31-32-33-35-37-39-41-43-45-47-49-51-53-59(63)60-57(56-67-68(64,65)66-55-54-61(3,4)5)58(62)52-50-48-46-44-42-40-38-36-34-25-23-21-19-17-15-13-11-9-7-2/h8,10,14,16,20,22,26-27,29-30,42,44,50,52,57-58,62H,6-7,9,11-13,15,17-19,21,23-25,28,31-41,43,45-49,51,53-56H2,1-5H3,(H-,60,63,64,65)/b10-8-,16-14-,22-20-,27-26-,30-29-,44-42+,52-50+. The maximum atomic E-state index is 13.0. The highest BCUT2D eigenvalue weighted by Crippen LogP contribution is 2.38. The summed E-state index contributed by atoms with van der Waals surface area (Å²) in [5.74, 6) is -0.213. The second kappa shape index (κ2) is 49.7. The van der Waals surface area contributed by atoms with Gasteiger partial charge in [0.05, 0.1) is 39.9 Å². The molecule has 0 aromatic carbocycles. The minimum Gasteiger partial charge on any atom is -0.756 e. The van der Waals surface area contributed by atoms with Crippen LogP contribution in [0.3, 0.4) is 0 Å². The maximum Gasteiger partial charge on any atom is 0.268 e. The number of carbonyl (C=O) groups excluding carboxylic acids is 1. The normalized spacial score (nSPS) is 14.6. The van der Waals surface area contributed by atoms with E-state index in [0.717, 1.165) is 70.6 Å². The van der Waals surface area contributed by atoms with Crippen molar-refractivity contribution >= 4 is 13.7 Å². The number of phosphoric acid groups is 1. The number of hydrogen-bond donors (Lipinski definition) is 2. The number of rotatable bonds is 50. The first-order valence-corrected chi connectivity index (χ1v) is 29.4. The minimum atomic E-state index is -4.61. The number of allylic oxidation sites excluding steroid dienone is 13. The summed E-state index contributed by atoms with van der Waals surface area (Å²) in [4.78, 5) is 25.5. The highest BCUT2D eigenvalue weighted by Gasteiger charge is 2.23. The Bertz CT molecular complexity index is 1380. The van der Waals surface area contributed by atoms with Gasteiger partial charge in [0.15, 0.2) is 0 Å². The predicted molar refractivity (Wildman–Crippen MR) is 293 cm³/mol. The molecule has 0 aliphatic rings. The summed E-state index contributed by atoms with van der Waals surface area (Å²) in [6, 6.07) is -0.910. The number of phosphoric ester groups is 1. The van der Waals surface area contributed by atoms with Crippen molar-refractivity contribution in [2.75, 3.05) is 40.9 Å². The average molecular weight is 971 g/mol. The van der Waals surface area contributed by atoms with Gasteiger partial charge in [0.1, 0.15) is 13.2 Å². The molecule has 3 atom stereocenters. The van der Waals surface area contributed by atoms with E-state index in [1.165, 1.54) is 141 Å². The molecule has 8 nitrogen and oxygen atoms in total. The zero-order chi connectivity index (χ0) is 49.9. The number of aliphatic hydroxyl groups is 1. The van der Waals surface area contributed by atoms with Gasteiger partial charge in [0.25, 0.3) is 7.82 Å². The van der Waals surface area contributed by atoms with Crippen LogP contribution in [0.5, 0.6) is 0 Å². The second-order valence-electron chi connectivity index (χ2n) is 19.9. The van der Waals surface area contributed by atoms with E-state index in [4.69, 9.17) is 9.05 Å². The van der Waals surface area contributed by atoms with Crippen LogP contribution in [-0.2, 0) is 18.4 Å². The third-order valence-corrected chi connectivity index (χ3v) is 13.1. The Balaban J connectivity index is 4.28. The molecule has 0 saturated heterocycles.